The predicted octanol–water partition coefficient (Wildman–Crippen LogP) is 2.23. The molecule has 1 aromatic rings. The van der Waals surface area contributed by atoms with Crippen LogP contribution in [0.2, 0.25) is 0 Å². The molecular formula is C21H29N3O5S. The van der Waals surface area contributed by atoms with E-state index in [9.17, 15) is 18.0 Å². The molecule has 1 aromatic carbocycles. The molecule has 2 unspecified atom stereocenters. The molecule has 8 nitrogen and oxygen atoms in total. The molecular weight excluding hydrogens is 406 g/mol. The molecule has 9 heteroatoms. The molecule has 3 rings (SSSR count). The average Bonchev–Trinajstić information content (AvgIpc) is 3.07. The average molecular weight is 436 g/mol. The number of esters is 1. The van der Waals surface area contributed by atoms with Gasteiger partial charge in [0.2, 0.25) is 0 Å². The minimum absolute atomic E-state index is 0.0402. The number of rotatable bonds is 6. The smallest absolute Gasteiger partial charge is 0.337 e. The molecule has 1 saturated heterocycles. The molecule has 0 aliphatic carbocycles. The fraction of sp³-hybridized carbons (Fsp3) is 0.524. The fourth-order valence-electron chi connectivity index (χ4n) is 4.27. The third kappa shape index (κ3) is 4.16. The molecule has 2 heterocycles. The summed E-state index contributed by atoms with van der Waals surface area (Å²) in [7, 11) is -1.89. The highest BCUT2D eigenvalue weighted by atomic mass is 32.2. The Morgan fingerprint density at radius 2 is 1.87 bits per heavy atom. The van der Waals surface area contributed by atoms with Gasteiger partial charge in [-0.1, -0.05) is 12.1 Å². The Balaban J connectivity index is 1.99. The van der Waals surface area contributed by atoms with E-state index in [4.69, 9.17) is 4.74 Å². The van der Waals surface area contributed by atoms with Crippen molar-refractivity contribution in [3.8, 4) is 0 Å². The Morgan fingerprint density at radius 1 is 1.23 bits per heavy atom. The van der Waals surface area contributed by atoms with Crippen molar-refractivity contribution in [2.24, 2.45) is 0 Å². The third-order valence-electron chi connectivity index (χ3n) is 5.86. The summed E-state index contributed by atoms with van der Waals surface area (Å²) < 4.78 is 28.8. The topological polar surface area (TPSA) is 96.0 Å². The maximum absolute atomic E-state index is 12.9. The molecule has 0 bridgehead atoms. The van der Waals surface area contributed by atoms with Gasteiger partial charge in [-0.2, -0.15) is 0 Å². The number of ether oxygens (including phenoxy) is 1. The molecule has 1 fully saturated rings. The first-order valence-corrected chi connectivity index (χ1v) is 12.0. The lowest BCUT2D eigenvalue weighted by atomic mass is 9.94. The Morgan fingerprint density at radius 3 is 2.37 bits per heavy atom. The highest BCUT2D eigenvalue weighted by molar-refractivity contribution is 7.91. The first kappa shape index (κ1) is 22.1. The molecule has 30 heavy (non-hydrogen) atoms. The first-order valence-electron chi connectivity index (χ1n) is 10.2. The standard InChI is InChI=1S/C21H29N3O5S/c1-5-23(6-2)16-9-7-15(8-10-16)19-18(20(25)29-4)14(3)24(21(26)22-19)17-11-12-30(27,28)13-17/h7-10,17,19H,5-6,11-13H2,1-4H3,(H,22,26). The summed E-state index contributed by atoms with van der Waals surface area (Å²) in [5.74, 6) is -0.607. The zero-order valence-electron chi connectivity index (χ0n) is 17.8. The zero-order chi connectivity index (χ0) is 22.1. The summed E-state index contributed by atoms with van der Waals surface area (Å²) >= 11 is 0. The van der Waals surface area contributed by atoms with Crippen molar-refractivity contribution in [2.45, 2.75) is 39.3 Å². The van der Waals surface area contributed by atoms with E-state index < -0.39 is 33.9 Å². The van der Waals surface area contributed by atoms with Gasteiger partial charge in [0.15, 0.2) is 9.84 Å². The van der Waals surface area contributed by atoms with Gasteiger partial charge in [0.1, 0.15) is 0 Å². The van der Waals surface area contributed by atoms with Crippen LogP contribution in [0.15, 0.2) is 35.5 Å². The minimum atomic E-state index is -3.18. The number of methoxy groups -OCH3 is 1. The Hall–Kier alpha value is -2.55. The van der Waals surface area contributed by atoms with Crippen LogP contribution in [0.25, 0.3) is 0 Å². The van der Waals surface area contributed by atoms with Gasteiger partial charge in [-0.15, -0.1) is 0 Å². The van der Waals surface area contributed by atoms with Crippen LogP contribution in [0.3, 0.4) is 0 Å². The molecule has 0 radical (unpaired) electrons. The number of amides is 2. The van der Waals surface area contributed by atoms with E-state index >= 15 is 0 Å². The number of anilines is 1. The largest absolute Gasteiger partial charge is 0.466 e. The quantitative estimate of drug-likeness (QED) is 0.689. The highest BCUT2D eigenvalue weighted by Gasteiger charge is 2.42. The van der Waals surface area contributed by atoms with Gasteiger partial charge < -0.3 is 15.0 Å². The van der Waals surface area contributed by atoms with Crippen LogP contribution in [0.5, 0.6) is 0 Å². The van der Waals surface area contributed by atoms with Gasteiger partial charge >= 0.3 is 12.0 Å². The number of carbonyl (C=O) groups is 2. The third-order valence-corrected chi connectivity index (χ3v) is 7.61. The number of sulfone groups is 1. The summed E-state index contributed by atoms with van der Waals surface area (Å²) in [5, 5.41) is 2.88. The Bertz CT molecular complexity index is 951. The molecule has 164 valence electrons. The van der Waals surface area contributed by atoms with Crippen LogP contribution < -0.4 is 10.2 Å². The van der Waals surface area contributed by atoms with E-state index in [1.54, 1.807) is 6.92 Å². The second kappa shape index (κ2) is 8.67. The number of carbonyl (C=O) groups excluding carboxylic acids is 2. The summed E-state index contributed by atoms with van der Waals surface area (Å²) in [6.45, 7) is 7.59. The number of hydrogen-bond donors (Lipinski definition) is 1. The molecule has 2 atom stereocenters. The maximum Gasteiger partial charge on any atom is 0.337 e. The number of benzene rings is 1. The molecule has 2 amide bonds. The SMILES string of the molecule is CCN(CC)c1ccc(C2NC(=O)N(C3CCS(=O)(=O)C3)C(C)=C2C(=O)OC)cc1. The second-order valence-corrected chi connectivity index (χ2v) is 9.79. The van der Waals surface area contributed by atoms with Crippen LogP contribution >= 0.6 is 0 Å². The van der Waals surface area contributed by atoms with Crippen LogP contribution in [0.1, 0.15) is 38.8 Å². The molecule has 2 aliphatic rings. The Kier molecular flexibility index (Phi) is 6.40. The summed E-state index contributed by atoms with van der Waals surface area (Å²) in [5.41, 5.74) is 2.57. The highest BCUT2D eigenvalue weighted by Crippen LogP contribution is 2.34. The van der Waals surface area contributed by atoms with Crippen LogP contribution in [-0.4, -0.2) is 63.1 Å². The molecule has 2 aliphatic heterocycles. The van der Waals surface area contributed by atoms with Gasteiger partial charge in [-0.3, -0.25) is 4.90 Å². The van der Waals surface area contributed by atoms with E-state index in [0.29, 0.717) is 17.7 Å². The van der Waals surface area contributed by atoms with E-state index in [0.717, 1.165) is 24.3 Å². The lowest BCUT2D eigenvalue weighted by Crippen LogP contribution is -2.52. The molecule has 0 saturated carbocycles. The van der Waals surface area contributed by atoms with E-state index in [2.05, 4.69) is 24.1 Å². The van der Waals surface area contributed by atoms with Crippen molar-refractivity contribution in [2.75, 3.05) is 36.6 Å². The number of nitrogens with zero attached hydrogens (tertiary/aromatic N) is 2. The van der Waals surface area contributed by atoms with E-state index in [1.807, 2.05) is 24.3 Å². The number of urea groups is 1. The number of allylic oxidation sites excluding steroid dienone is 1. The predicted molar refractivity (Wildman–Crippen MR) is 115 cm³/mol. The number of hydrogen-bond acceptors (Lipinski definition) is 6. The van der Waals surface area contributed by atoms with Gasteiger partial charge in [-0.05, 0) is 44.9 Å². The van der Waals surface area contributed by atoms with Crippen molar-refractivity contribution >= 4 is 27.5 Å². The van der Waals surface area contributed by atoms with Gasteiger partial charge in [0.05, 0.1) is 36.3 Å². The van der Waals surface area contributed by atoms with Crippen LogP contribution in [-0.2, 0) is 19.4 Å². The molecule has 0 spiro atoms. The lowest BCUT2D eigenvalue weighted by molar-refractivity contribution is -0.136. The summed E-state index contributed by atoms with van der Waals surface area (Å²) in [6.07, 6.45) is 0.352. The van der Waals surface area contributed by atoms with Crippen molar-refractivity contribution in [1.29, 1.82) is 0 Å². The van der Waals surface area contributed by atoms with Gasteiger partial charge in [-0.25, -0.2) is 18.0 Å². The normalized spacial score (nSPS) is 23.3. The monoisotopic (exact) mass is 435 g/mol. The number of nitrogens with one attached hydrogen (secondary N) is 1. The van der Waals surface area contributed by atoms with Crippen molar-refractivity contribution in [3.63, 3.8) is 0 Å². The lowest BCUT2D eigenvalue weighted by Gasteiger charge is -2.38. The van der Waals surface area contributed by atoms with Crippen molar-refractivity contribution in [3.05, 3.63) is 41.1 Å². The molecule has 0 aromatic heterocycles. The van der Waals surface area contributed by atoms with Crippen molar-refractivity contribution in [1.82, 2.24) is 10.2 Å². The second-order valence-electron chi connectivity index (χ2n) is 7.56. The minimum Gasteiger partial charge on any atom is -0.466 e. The van der Waals surface area contributed by atoms with Crippen LogP contribution in [0.4, 0.5) is 10.5 Å². The van der Waals surface area contributed by atoms with Crippen LogP contribution in [0, 0.1) is 0 Å². The van der Waals surface area contributed by atoms with Gasteiger partial charge in [0, 0.05) is 24.5 Å². The van der Waals surface area contributed by atoms with Gasteiger partial charge in [0.25, 0.3) is 0 Å². The first-order chi connectivity index (χ1) is 14.2. The maximum atomic E-state index is 12.9. The fourth-order valence-corrected chi connectivity index (χ4v) is 5.97. The van der Waals surface area contributed by atoms with Crippen molar-refractivity contribution < 1.29 is 22.7 Å². The molecule has 1 N–H and O–H groups in total. The summed E-state index contributed by atoms with van der Waals surface area (Å²) in [4.78, 5) is 29.2. The zero-order valence-corrected chi connectivity index (χ0v) is 18.7. The Labute approximate surface area is 177 Å². The summed E-state index contributed by atoms with van der Waals surface area (Å²) in [6, 6.07) is 6.17. The van der Waals surface area contributed by atoms with E-state index in [-0.39, 0.29) is 11.5 Å². The van der Waals surface area contributed by atoms with E-state index in [1.165, 1.54) is 12.0 Å².